The van der Waals surface area contributed by atoms with Crippen LogP contribution in [0.2, 0.25) is 0 Å². The summed E-state index contributed by atoms with van der Waals surface area (Å²) in [4.78, 5) is 36.8. The van der Waals surface area contributed by atoms with Gasteiger partial charge in [-0.3, -0.25) is 14.4 Å². The normalized spacial score (nSPS) is 43.7. The molecule has 5 heteroatoms. The van der Waals surface area contributed by atoms with Gasteiger partial charge in [0, 0.05) is 12.8 Å². The van der Waals surface area contributed by atoms with Gasteiger partial charge in [-0.15, -0.1) is 0 Å². The molecule has 0 aromatic heterocycles. The van der Waals surface area contributed by atoms with E-state index >= 15 is 0 Å². The van der Waals surface area contributed by atoms with E-state index in [0.717, 1.165) is 32.1 Å². The fraction of sp³-hybridized carbons (Fsp3) is 0.792. The molecule has 1 unspecified atom stereocenters. The number of carbonyl (C=O) groups excluding carboxylic acids is 3. The molecule has 3 fully saturated rings. The first kappa shape index (κ1) is 20.8. The molecule has 29 heavy (non-hydrogen) atoms. The van der Waals surface area contributed by atoms with Crippen LogP contribution in [-0.4, -0.2) is 35.4 Å². The number of hydrogen-bond donors (Lipinski definition) is 1. The van der Waals surface area contributed by atoms with Crippen molar-refractivity contribution in [2.45, 2.75) is 78.2 Å². The molecule has 0 radical (unpaired) electrons. The molecule has 0 aliphatic heterocycles. The highest BCUT2D eigenvalue weighted by Crippen LogP contribution is 2.67. The van der Waals surface area contributed by atoms with Crippen molar-refractivity contribution in [1.29, 1.82) is 0 Å². The van der Waals surface area contributed by atoms with Gasteiger partial charge in [0.1, 0.15) is 12.7 Å². The minimum absolute atomic E-state index is 0.0762. The standard InChI is InChI=1S/C24H34O5/c1-4-21(28)29-20-12-18-16-6-5-14-11-15(26)7-9-23(14,2)17(16)8-10-24(18,3)22(20)19(27)13-25/h11,16-18,20,22,25H,4-10,12-13H2,1-3H3/t16-,17+,18+,20-,22?,23+,24+/m1/s1. The van der Waals surface area contributed by atoms with Gasteiger partial charge in [-0.2, -0.15) is 0 Å². The third-order valence-electron chi connectivity index (χ3n) is 9.04. The number of rotatable bonds is 4. The second-order valence-electron chi connectivity index (χ2n) is 10.2. The minimum Gasteiger partial charge on any atom is -0.462 e. The Morgan fingerprint density at radius 2 is 1.93 bits per heavy atom. The van der Waals surface area contributed by atoms with Gasteiger partial charge in [0.25, 0.3) is 0 Å². The molecule has 160 valence electrons. The maximum Gasteiger partial charge on any atom is 0.305 e. The van der Waals surface area contributed by atoms with Crippen LogP contribution in [0.1, 0.15) is 72.1 Å². The fourth-order valence-corrected chi connectivity index (χ4v) is 7.59. The molecule has 0 heterocycles. The van der Waals surface area contributed by atoms with Crippen LogP contribution in [0.3, 0.4) is 0 Å². The van der Waals surface area contributed by atoms with Crippen molar-refractivity contribution in [1.82, 2.24) is 0 Å². The smallest absolute Gasteiger partial charge is 0.305 e. The number of aliphatic hydroxyl groups is 1. The minimum atomic E-state index is -0.492. The van der Waals surface area contributed by atoms with Crippen molar-refractivity contribution in [3.05, 3.63) is 11.6 Å². The average molecular weight is 403 g/mol. The highest BCUT2D eigenvalue weighted by molar-refractivity contribution is 5.91. The lowest BCUT2D eigenvalue weighted by molar-refractivity contribution is -0.154. The van der Waals surface area contributed by atoms with E-state index in [2.05, 4.69) is 13.8 Å². The van der Waals surface area contributed by atoms with Crippen LogP contribution in [0.4, 0.5) is 0 Å². The number of ketones is 2. The van der Waals surface area contributed by atoms with E-state index in [1.165, 1.54) is 5.57 Å². The first-order chi connectivity index (χ1) is 13.7. The molecule has 0 spiro atoms. The summed E-state index contributed by atoms with van der Waals surface area (Å²) < 4.78 is 5.75. The summed E-state index contributed by atoms with van der Waals surface area (Å²) >= 11 is 0. The number of hydrogen-bond acceptors (Lipinski definition) is 5. The number of ether oxygens (including phenoxy) is 1. The molecule has 0 saturated heterocycles. The molecular weight excluding hydrogens is 368 g/mol. The third-order valence-corrected chi connectivity index (χ3v) is 9.04. The van der Waals surface area contributed by atoms with Crippen molar-refractivity contribution in [3.63, 3.8) is 0 Å². The summed E-state index contributed by atoms with van der Waals surface area (Å²) in [6.45, 7) is 5.80. The summed E-state index contributed by atoms with van der Waals surface area (Å²) in [5.41, 5.74) is 1.17. The molecule has 0 aromatic carbocycles. The number of esters is 1. The lowest BCUT2D eigenvalue weighted by Gasteiger charge is -2.57. The van der Waals surface area contributed by atoms with Gasteiger partial charge in [0.05, 0.1) is 5.92 Å². The van der Waals surface area contributed by atoms with Crippen LogP contribution in [0, 0.1) is 34.5 Å². The van der Waals surface area contributed by atoms with Crippen molar-refractivity contribution >= 4 is 17.5 Å². The van der Waals surface area contributed by atoms with E-state index in [0.29, 0.717) is 37.0 Å². The maximum atomic E-state index is 12.8. The van der Waals surface area contributed by atoms with Gasteiger partial charge in [-0.1, -0.05) is 26.3 Å². The van der Waals surface area contributed by atoms with Crippen LogP contribution in [0.15, 0.2) is 11.6 Å². The highest BCUT2D eigenvalue weighted by Gasteiger charge is 2.63. The molecule has 0 bridgehead atoms. The van der Waals surface area contributed by atoms with Crippen LogP contribution < -0.4 is 0 Å². The predicted molar refractivity (Wildman–Crippen MR) is 108 cm³/mol. The number of fused-ring (bicyclic) bond motifs is 5. The summed E-state index contributed by atoms with van der Waals surface area (Å²) in [5, 5.41) is 9.63. The SMILES string of the molecule is CCC(=O)O[C@@H]1C[C@H]2[C@@H]3CCC4=CC(=O)CC[C@]4(C)[C@H]3CC[C@]2(C)C1C(=O)CO. The van der Waals surface area contributed by atoms with Gasteiger partial charge in [0.15, 0.2) is 11.6 Å². The number of aliphatic hydroxyl groups excluding tert-OH is 1. The summed E-state index contributed by atoms with van der Waals surface area (Å²) in [5.74, 6) is 0.698. The largest absolute Gasteiger partial charge is 0.462 e. The van der Waals surface area contributed by atoms with Crippen LogP contribution in [0.5, 0.6) is 0 Å². The Hall–Kier alpha value is -1.49. The number of allylic oxidation sites excluding steroid dienone is 1. The van der Waals surface area contributed by atoms with E-state index in [-0.39, 0.29) is 28.4 Å². The van der Waals surface area contributed by atoms with E-state index in [1.54, 1.807) is 6.92 Å². The molecule has 0 amide bonds. The Bertz CT molecular complexity index is 754. The monoisotopic (exact) mass is 402 g/mol. The summed E-state index contributed by atoms with van der Waals surface area (Å²) in [6, 6.07) is 0. The molecule has 5 nitrogen and oxygen atoms in total. The third kappa shape index (κ3) is 3.11. The lowest BCUT2D eigenvalue weighted by atomic mass is 9.46. The second-order valence-corrected chi connectivity index (χ2v) is 10.2. The van der Waals surface area contributed by atoms with Crippen molar-refractivity contribution in [3.8, 4) is 0 Å². The molecule has 1 N–H and O–H groups in total. The molecule has 3 saturated carbocycles. The first-order valence-corrected chi connectivity index (χ1v) is 11.3. The van der Waals surface area contributed by atoms with Gasteiger partial charge < -0.3 is 9.84 Å². The molecule has 4 aliphatic rings. The Balaban J connectivity index is 1.67. The van der Waals surface area contributed by atoms with Crippen LogP contribution in [0.25, 0.3) is 0 Å². The Kier molecular flexibility index (Phi) is 5.25. The van der Waals surface area contributed by atoms with Crippen molar-refractivity contribution in [2.75, 3.05) is 6.61 Å². The van der Waals surface area contributed by atoms with Crippen LogP contribution in [-0.2, 0) is 19.1 Å². The Labute approximate surface area is 173 Å². The lowest BCUT2D eigenvalue weighted by Crippen LogP contribution is -2.51. The topological polar surface area (TPSA) is 80.7 Å². The molecule has 4 aliphatic carbocycles. The van der Waals surface area contributed by atoms with E-state index in [9.17, 15) is 19.5 Å². The molecule has 0 aromatic rings. The Morgan fingerprint density at radius 1 is 1.17 bits per heavy atom. The number of carbonyl (C=O) groups is 3. The van der Waals surface area contributed by atoms with E-state index < -0.39 is 18.6 Å². The fourth-order valence-electron chi connectivity index (χ4n) is 7.59. The maximum absolute atomic E-state index is 12.8. The first-order valence-electron chi connectivity index (χ1n) is 11.3. The van der Waals surface area contributed by atoms with Gasteiger partial charge in [-0.25, -0.2) is 0 Å². The van der Waals surface area contributed by atoms with Crippen molar-refractivity contribution < 1.29 is 24.2 Å². The van der Waals surface area contributed by atoms with Gasteiger partial charge >= 0.3 is 5.97 Å². The zero-order valence-corrected chi connectivity index (χ0v) is 17.9. The van der Waals surface area contributed by atoms with Gasteiger partial charge in [0.2, 0.25) is 0 Å². The van der Waals surface area contributed by atoms with E-state index in [4.69, 9.17) is 4.74 Å². The zero-order chi connectivity index (χ0) is 21.0. The molecule has 4 rings (SSSR count). The number of Topliss-reactive ketones (excluding diaryl/α,β-unsaturated/α-hetero) is 1. The van der Waals surface area contributed by atoms with Gasteiger partial charge in [-0.05, 0) is 73.2 Å². The zero-order valence-electron chi connectivity index (χ0n) is 17.9. The molecular formula is C24H34O5. The highest BCUT2D eigenvalue weighted by atomic mass is 16.5. The van der Waals surface area contributed by atoms with Crippen molar-refractivity contribution in [2.24, 2.45) is 34.5 Å². The van der Waals surface area contributed by atoms with E-state index in [1.807, 2.05) is 6.08 Å². The summed E-state index contributed by atoms with van der Waals surface area (Å²) in [6.07, 6.45) is 7.99. The quantitative estimate of drug-likeness (QED) is 0.727. The van der Waals surface area contributed by atoms with Crippen LogP contribution >= 0.6 is 0 Å². The molecule has 7 atom stereocenters. The Morgan fingerprint density at radius 3 is 2.62 bits per heavy atom. The summed E-state index contributed by atoms with van der Waals surface area (Å²) in [7, 11) is 0. The predicted octanol–water partition coefficient (Wildman–Crippen LogP) is 3.63. The second kappa shape index (κ2) is 7.33. The average Bonchev–Trinajstić information content (AvgIpc) is 2.99.